The van der Waals surface area contributed by atoms with Gasteiger partial charge in [-0.2, -0.15) is 0 Å². The molecule has 0 unspecified atom stereocenters. The molecule has 2 fully saturated rings. The first-order valence-corrected chi connectivity index (χ1v) is 9.79. The zero-order valence-corrected chi connectivity index (χ0v) is 16.1. The third kappa shape index (κ3) is 3.92. The molecule has 1 spiro atoms. The van der Waals surface area contributed by atoms with Crippen molar-refractivity contribution >= 4 is 11.7 Å². The van der Waals surface area contributed by atoms with Crippen LogP contribution in [0.5, 0.6) is 17.2 Å². The average molecular weight is 382 g/mol. The standard InChI is InChI=1S/C22H26N2O4/c1-26-19-10-4-5-11-20(19)28-18-9-3-2-8-17(18)23-21(25)24-14-15-27-22(16-24)12-6-7-13-22/h2-5,8-11H,6-7,12-16H2,1H3,(H,23,25). The van der Waals surface area contributed by atoms with Crippen molar-refractivity contribution in [1.82, 2.24) is 4.90 Å². The summed E-state index contributed by atoms with van der Waals surface area (Å²) in [5.41, 5.74) is 0.480. The van der Waals surface area contributed by atoms with E-state index in [2.05, 4.69) is 5.32 Å². The maximum Gasteiger partial charge on any atom is 0.322 e. The van der Waals surface area contributed by atoms with Gasteiger partial charge >= 0.3 is 6.03 Å². The molecule has 28 heavy (non-hydrogen) atoms. The lowest BCUT2D eigenvalue weighted by molar-refractivity contribution is -0.0914. The van der Waals surface area contributed by atoms with E-state index in [0.717, 1.165) is 12.8 Å². The molecule has 0 atom stereocenters. The van der Waals surface area contributed by atoms with Crippen LogP contribution in [0.4, 0.5) is 10.5 Å². The van der Waals surface area contributed by atoms with Crippen LogP contribution >= 0.6 is 0 Å². The number of carbonyl (C=O) groups excluding carboxylic acids is 1. The van der Waals surface area contributed by atoms with Gasteiger partial charge in [-0.25, -0.2) is 4.79 Å². The van der Waals surface area contributed by atoms with Crippen molar-refractivity contribution in [3.05, 3.63) is 48.5 Å². The van der Waals surface area contributed by atoms with Crippen LogP contribution in [0, 0.1) is 0 Å². The Hall–Kier alpha value is -2.73. The minimum Gasteiger partial charge on any atom is -0.493 e. The first-order chi connectivity index (χ1) is 13.7. The highest BCUT2D eigenvalue weighted by Gasteiger charge is 2.40. The molecule has 2 amide bonds. The fourth-order valence-electron chi connectivity index (χ4n) is 4.01. The first-order valence-electron chi connectivity index (χ1n) is 9.79. The summed E-state index contributed by atoms with van der Waals surface area (Å²) in [4.78, 5) is 14.8. The number of rotatable bonds is 4. The van der Waals surface area contributed by atoms with E-state index >= 15 is 0 Å². The SMILES string of the molecule is COc1ccccc1Oc1ccccc1NC(=O)N1CCOC2(CCCC2)C1. The van der Waals surface area contributed by atoms with Gasteiger partial charge in [0.2, 0.25) is 0 Å². The van der Waals surface area contributed by atoms with Crippen LogP contribution in [0.15, 0.2) is 48.5 Å². The number of methoxy groups -OCH3 is 1. The topological polar surface area (TPSA) is 60.0 Å². The van der Waals surface area contributed by atoms with Gasteiger partial charge in [-0.05, 0) is 37.1 Å². The summed E-state index contributed by atoms with van der Waals surface area (Å²) in [7, 11) is 1.60. The van der Waals surface area contributed by atoms with Crippen LogP contribution in [-0.4, -0.2) is 43.3 Å². The van der Waals surface area contributed by atoms with E-state index in [4.69, 9.17) is 14.2 Å². The molecule has 2 aromatic carbocycles. The van der Waals surface area contributed by atoms with Crippen molar-refractivity contribution < 1.29 is 19.0 Å². The van der Waals surface area contributed by atoms with E-state index in [9.17, 15) is 4.79 Å². The van der Waals surface area contributed by atoms with E-state index in [1.54, 1.807) is 7.11 Å². The number of amides is 2. The minimum absolute atomic E-state index is 0.120. The Morgan fingerprint density at radius 2 is 1.71 bits per heavy atom. The predicted octanol–water partition coefficient (Wildman–Crippen LogP) is 4.66. The van der Waals surface area contributed by atoms with Crippen LogP contribution in [0.3, 0.4) is 0 Å². The normalized spacial score (nSPS) is 18.1. The van der Waals surface area contributed by atoms with E-state index in [-0.39, 0.29) is 11.6 Å². The minimum atomic E-state index is -0.150. The lowest BCUT2D eigenvalue weighted by atomic mass is 10.00. The molecule has 0 bridgehead atoms. The molecule has 0 aromatic heterocycles. The highest BCUT2D eigenvalue weighted by Crippen LogP contribution is 2.37. The van der Waals surface area contributed by atoms with Gasteiger partial charge in [0.15, 0.2) is 17.2 Å². The van der Waals surface area contributed by atoms with Gasteiger partial charge in [0, 0.05) is 6.54 Å². The highest BCUT2D eigenvalue weighted by atomic mass is 16.5. The van der Waals surface area contributed by atoms with Crippen molar-refractivity contribution in [3.63, 3.8) is 0 Å². The number of para-hydroxylation sites is 4. The molecule has 1 aliphatic carbocycles. The molecule has 4 rings (SSSR count). The lowest BCUT2D eigenvalue weighted by Crippen LogP contribution is -2.53. The summed E-state index contributed by atoms with van der Waals surface area (Å²) >= 11 is 0. The van der Waals surface area contributed by atoms with E-state index in [0.29, 0.717) is 42.6 Å². The van der Waals surface area contributed by atoms with E-state index < -0.39 is 0 Å². The average Bonchev–Trinajstić information content (AvgIpc) is 3.17. The lowest BCUT2D eigenvalue weighted by Gasteiger charge is -2.40. The highest BCUT2D eigenvalue weighted by molar-refractivity contribution is 5.91. The Morgan fingerprint density at radius 1 is 1.04 bits per heavy atom. The van der Waals surface area contributed by atoms with Crippen LogP contribution in [0.2, 0.25) is 0 Å². The molecular weight excluding hydrogens is 356 g/mol. The van der Waals surface area contributed by atoms with Gasteiger partial charge in [0.25, 0.3) is 0 Å². The summed E-state index contributed by atoms with van der Waals surface area (Å²) in [6.07, 6.45) is 4.41. The maximum atomic E-state index is 12.9. The molecule has 1 heterocycles. The molecule has 1 N–H and O–H groups in total. The summed E-state index contributed by atoms with van der Waals surface area (Å²) < 4.78 is 17.4. The van der Waals surface area contributed by atoms with Crippen LogP contribution in [0.1, 0.15) is 25.7 Å². The molecular formula is C22H26N2O4. The largest absolute Gasteiger partial charge is 0.493 e. The van der Waals surface area contributed by atoms with Crippen molar-refractivity contribution in [2.24, 2.45) is 0 Å². The molecule has 148 valence electrons. The number of benzene rings is 2. The van der Waals surface area contributed by atoms with Gasteiger partial charge in [0.05, 0.1) is 31.5 Å². The Balaban J connectivity index is 1.48. The van der Waals surface area contributed by atoms with Gasteiger partial charge in [0.1, 0.15) is 0 Å². The fourth-order valence-corrected chi connectivity index (χ4v) is 4.01. The Bertz CT molecular complexity index is 833. The van der Waals surface area contributed by atoms with Crippen LogP contribution < -0.4 is 14.8 Å². The number of nitrogens with zero attached hydrogens (tertiary/aromatic N) is 1. The second-order valence-electron chi connectivity index (χ2n) is 7.34. The van der Waals surface area contributed by atoms with Gasteiger partial charge in [-0.1, -0.05) is 37.1 Å². The molecule has 6 heteroatoms. The first kappa shape index (κ1) is 18.6. The fraction of sp³-hybridized carbons (Fsp3) is 0.409. The van der Waals surface area contributed by atoms with E-state index in [1.165, 1.54) is 12.8 Å². The quantitative estimate of drug-likeness (QED) is 0.835. The predicted molar refractivity (Wildman–Crippen MR) is 107 cm³/mol. The second kappa shape index (κ2) is 8.10. The molecule has 2 aliphatic rings. The molecule has 2 aromatic rings. The summed E-state index contributed by atoms with van der Waals surface area (Å²) in [6, 6.07) is 14.8. The van der Waals surface area contributed by atoms with Gasteiger partial charge < -0.3 is 24.4 Å². The van der Waals surface area contributed by atoms with Gasteiger partial charge in [-0.3, -0.25) is 0 Å². The number of hydrogen-bond donors (Lipinski definition) is 1. The van der Waals surface area contributed by atoms with Crippen molar-refractivity contribution in [2.45, 2.75) is 31.3 Å². The molecule has 6 nitrogen and oxygen atoms in total. The van der Waals surface area contributed by atoms with Crippen molar-refractivity contribution in [1.29, 1.82) is 0 Å². The van der Waals surface area contributed by atoms with Crippen LogP contribution in [-0.2, 0) is 4.74 Å². The number of hydrogen-bond acceptors (Lipinski definition) is 4. The second-order valence-corrected chi connectivity index (χ2v) is 7.34. The van der Waals surface area contributed by atoms with Crippen molar-refractivity contribution in [2.75, 3.05) is 32.1 Å². The Labute approximate surface area is 165 Å². The third-order valence-electron chi connectivity index (χ3n) is 5.47. The smallest absolute Gasteiger partial charge is 0.322 e. The molecule has 1 saturated heterocycles. The Morgan fingerprint density at radius 3 is 2.46 bits per heavy atom. The number of urea groups is 1. The number of anilines is 1. The van der Waals surface area contributed by atoms with Gasteiger partial charge in [-0.15, -0.1) is 0 Å². The van der Waals surface area contributed by atoms with Crippen LogP contribution in [0.25, 0.3) is 0 Å². The number of carbonyl (C=O) groups is 1. The summed E-state index contributed by atoms with van der Waals surface area (Å²) in [5, 5.41) is 3.01. The molecule has 0 radical (unpaired) electrons. The summed E-state index contributed by atoms with van der Waals surface area (Å²) in [6.45, 7) is 1.84. The maximum absolute atomic E-state index is 12.9. The van der Waals surface area contributed by atoms with E-state index in [1.807, 2.05) is 53.4 Å². The monoisotopic (exact) mass is 382 g/mol. The zero-order chi connectivity index (χ0) is 19.4. The molecule has 1 saturated carbocycles. The number of ether oxygens (including phenoxy) is 3. The molecule has 1 aliphatic heterocycles. The summed E-state index contributed by atoms with van der Waals surface area (Å²) in [5.74, 6) is 1.81. The Kier molecular flexibility index (Phi) is 5.39. The number of morpholine rings is 1. The third-order valence-corrected chi connectivity index (χ3v) is 5.47. The number of nitrogens with one attached hydrogen (secondary N) is 1. The van der Waals surface area contributed by atoms with Crippen molar-refractivity contribution in [3.8, 4) is 17.2 Å². The zero-order valence-electron chi connectivity index (χ0n) is 16.1.